The molecule has 4 aliphatic rings. The average Bonchev–Trinajstić information content (AvgIpc) is 4.11. The van der Waals surface area contributed by atoms with E-state index in [-0.39, 0.29) is 43.6 Å². The van der Waals surface area contributed by atoms with Crippen LogP contribution >= 0.6 is 0 Å². The van der Waals surface area contributed by atoms with E-state index in [0.717, 1.165) is 22.0 Å². The standard InChI is InChI=1S/C47H62N8O7/c1-5-29(4)40-47(62)55-23-13-19-38(55)43(58)51-36(25-30-14-7-6-8-15-30)46(61)53-21-11-18-37(53)42(57)49-34(26-31-27-48-33-17-10-9-16-32(31)33)41(56)50-35(24-28(2)3)45(60)54-22-12-20-39(54)44(59)52-40/h6-10,14-17,27-29,34-40,48H,5,11-13,18-26H2,1-4H3,(H,49,57)(H,50,56)(H,51,58)(H,52,59)/t29-,34-,35-,36-,37-,38-,39-,40-/m0/s1. The second kappa shape index (κ2) is 19.5. The minimum absolute atomic E-state index is 0.0192. The molecule has 1 aromatic heterocycles. The third-order valence-electron chi connectivity index (χ3n) is 13.2. The first-order chi connectivity index (χ1) is 29.8. The van der Waals surface area contributed by atoms with E-state index in [9.17, 15) is 33.6 Å². The summed E-state index contributed by atoms with van der Waals surface area (Å²) < 4.78 is 0. The number of carbonyl (C=O) groups is 7. The van der Waals surface area contributed by atoms with Gasteiger partial charge in [-0.3, -0.25) is 33.6 Å². The van der Waals surface area contributed by atoms with Gasteiger partial charge >= 0.3 is 0 Å². The summed E-state index contributed by atoms with van der Waals surface area (Å²) in [5.41, 5.74) is 2.45. The third kappa shape index (κ3) is 9.66. The van der Waals surface area contributed by atoms with Crippen molar-refractivity contribution in [3.8, 4) is 0 Å². The second-order valence-corrected chi connectivity index (χ2v) is 18.0. The van der Waals surface area contributed by atoms with E-state index in [4.69, 9.17) is 0 Å². The summed E-state index contributed by atoms with van der Waals surface area (Å²) in [6.45, 7) is 8.57. The Morgan fingerprint density at radius 1 is 0.581 bits per heavy atom. The molecule has 0 aliphatic carbocycles. The lowest BCUT2D eigenvalue weighted by Gasteiger charge is -2.34. The van der Waals surface area contributed by atoms with E-state index >= 15 is 0 Å². The van der Waals surface area contributed by atoms with Gasteiger partial charge in [-0.2, -0.15) is 0 Å². The van der Waals surface area contributed by atoms with Crippen LogP contribution in [0.4, 0.5) is 0 Å². The highest BCUT2D eigenvalue weighted by Crippen LogP contribution is 2.27. The number of nitrogens with one attached hydrogen (secondary N) is 5. The van der Waals surface area contributed by atoms with Crippen molar-refractivity contribution in [2.45, 2.75) is 134 Å². The largest absolute Gasteiger partial charge is 0.361 e. The molecule has 0 spiro atoms. The van der Waals surface area contributed by atoms with Gasteiger partial charge < -0.3 is 41.0 Å². The lowest BCUT2D eigenvalue weighted by atomic mass is 9.96. The van der Waals surface area contributed by atoms with Crippen LogP contribution < -0.4 is 21.3 Å². The molecule has 4 fully saturated rings. The van der Waals surface area contributed by atoms with Gasteiger partial charge in [-0.25, -0.2) is 0 Å². The topological polar surface area (TPSA) is 193 Å². The molecule has 4 saturated heterocycles. The Labute approximate surface area is 363 Å². The first-order valence-electron chi connectivity index (χ1n) is 22.6. The molecule has 0 bridgehead atoms. The molecule has 5 N–H and O–H groups in total. The van der Waals surface area contributed by atoms with Gasteiger partial charge in [0, 0.05) is 49.6 Å². The Balaban J connectivity index is 1.28. The molecule has 5 heterocycles. The van der Waals surface area contributed by atoms with Crippen LogP contribution in [0.5, 0.6) is 0 Å². The summed E-state index contributed by atoms with van der Waals surface area (Å²) in [7, 11) is 0. The SMILES string of the molecule is CC[C@H](C)[C@@H]1NC(=O)[C@@H]2CCCN2C(=O)[C@H](CC(C)C)NC(=O)[C@H](Cc2c[nH]c3ccccc23)NC(=O)[C@@H]2CCCN2C(=O)[C@H](Cc2ccccc2)NC(=O)[C@@H]2CCCN2C1=O. The van der Waals surface area contributed by atoms with E-state index < -0.39 is 77.7 Å². The zero-order valence-corrected chi connectivity index (χ0v) is 36.4. The Morgan fingerprint density at radius 3 is 1.69 bits per heavy atom. The summed E-state index contributed by atoms with van der Waals surface area (Å²) in [4.78, 5) is 109. The van der Waals surface area contributed by atoms with Gasteiger partial charge in [-0.15, -0.1) is 0 Å². The van der Waals surface area contributed by atoms with Gasteiger partial charge in [0.15, 0.2) is 0 Å². The number of fused-ring (bicyclic) bond motifs is 4. The molecule has 8 atom stereocenters. The average molecular weight is 851 g/mol. The smallest absolute Gasteiger partial charge is 0.246 e. The second-order valence-electron chi connectivity index (χ2n) is 18.0. The number of para-hydroxylation sites is 1. The van der Waals surface area contributed by atoms with Gasteiger partial charge in [-0.1, -0.05) is 82.6 Å². The van der Waals surface area contributed by atoms with E-state index in [1.165, 1.54) is 14.7 Å². The molecule has 15 heteroatoms. The summed E-state index contributed by atoms with van der Waals surface area (Å²) in [6.07, 6.45) is 5.64. The van der Waals surface area contributed by atoms with Crippen LogP contribution in [0.1, 0.15) is 90.2 Å². The molecule has 0 saturated carbocycles. The maximum atomic E-state index is 14.7. The number of benzene rings is 2. The zero-order valence-electron chi connectivity index (χ0n) is 36.4. The van der Waals surface area contributed by atoms with Crippen LogP contribution in [-0.2, 0) is 46.4 Å². The van der Waals surface area contributed by atoms with Gasteiger partial charge in [0.25, 0.3) is 0 Å². The summed E-state index contributed by atoms with van der Waals surface area (Å²) in [5.74, 6) is -3.58. The van der Waals surface area contributed by atoms with Crippen molar-refractivity contribution in [3.63, 3.8) is 0 Å². The highest BCUT2D eigenvalue weighted by molar-refractivity contribution is 5.99. The number of aromatic nitrogens is 1. The number of carbonyl (C=O) groups excluding carboxylic acids is 7. The fraction of sp³-hybridized carbons (Fsp3) is 0.553. The molecule has 332 valence electrons. The highest BCUT2D eigenvalue weighted by Gasteiger charge is 2.45. The molecule has 62 heavy (non-hydrogen) atoms. The third-order valence-corrected chi connectivity index (χ3v) is 13.2. The van der Waals surface area contributed by atoms with Crippen LogP contribution in [0.3, 0.4) is 0 Å². The Bertz CT molecular complexity index is 2140. The van der Waals surface area contributed by atoms with E-state index in [2.05, 4.69) is 26.3 Å². The summed E-state index contributed by atoms with van der Waals surface area (Å²) >= 11 is 0. The number of rotatable bonds is 8. The quantitative estimate of drug-likeness (QED) is 0.230. The molecule has 2 aromatic carbocycles. The fourth-order valence-corrected chi connectivity index (χ4v) is 9.70. The maximum Gasteiger partial charge on any atom is 0.246 e. The van der Waals surface area contributed by atoms with Crippen LogP contribution in [0, 0.1) is 11.8 Å². The summed E-state index contributed by atoms with van der Waals surface area (Å²) in [5, 5.41) is 12.9. The van der Waals surface area contributed by atoms with Crippen molar-refractivity contribution < 1.29 is 33.6 Å². The van der Waals surface area contributed by atoms with Crippen LogP contribution in [0.15, 0.2) is 60.8 Å². The number of hydrogen-bond acceptors (Lipinski definition) is 7. The number of hydrogen-bond donors (Lipinski definition) is 5. The van der Waals surface area contributed by atoms with Gasteiger partial charge in [0.1, 0.15) is 42.3 Å². The first kappa shape index (κ1) is 44.3. The lowest BCUT2D eigenvalue weighted by Crippen LogP contribution is -2.60. The van der Waals surface area contributed by atoms with Gasteiger partial charge in [-0.05, 0) is 74.0 Å². The van der Waals surface area contributed by atoms with E-state index in [1.807, 2.05) is 82.3 Å². The number of amides is 7. The monoisotopic (exact) mass is 850 g/mol. The van der Waals surface area contributed by atoms with Crippen molar-refractivity contribution >= 4 is 52.3 Å². The molecule has 4 aliphatic heterocycles. The van der Waals surface area contributed by atoms with E-state index in [0.29, 0.717) is 58.0 Å². The normalized spacial score (nSPS) is 27.6. The van der Waals surface area contributed by atoms with E-state index in [1.54, 1.807) is 6.20 Å². The van der Waals surface area contributed by atoms with Crippen LogP contribution in [0.2, 0.25) is 0 Å². The Morgan fingerprint density at radius 2 is 1.10 bits per heavy atom. The lowest BCUT2D eigenvalue weighted by molar-refractivity contribution is -0.146. The molecular weight excluding hydrogens is 789 g/mol. The molecule has 7 amide bonds. The van der Waals surface area contributed by atoms with Crippen LogP contribution in [0.25, 0.3) is 10.9 Å². The molecule has 15 nitrogen and oxygen atoms in total. The fourth-order valence-electron chi connectivity index (χ4n) is 9.70. The van der Waals surface area contributed by atoms with Gasteiger partial charge in [0.2, 0.25) is 41.4 Å². The Kier molecular flexibility index (Phi) is 14.0. The predicted molar refractivity (Wildman–Crippen MR) is 233 cm³/mol. The molecular formula is C47H62N8O7. The first-order valence-corrected chi connectivity index (χ1v) is 22.6. The van der Waals surface area contributed by atoms with Crippen molar-refractivity contribution in [3.05, 3.63) is 71.9 Å². The molecule has 0 radical (unpaired) electrons. The number of H-pyrrole nitrogens is 1. The van der Waals surface area contributed by atoms with Crippen molar-refractivity contribution in [2.24, 2.45) is 11.8 Å². The van der Waals surface area contributed by atoms with Crippen molar-refractivity contribution in [1.82, 2.24) is 41.0 Å². The molecule has 7 rings (SSSR count). The summed E-state index contributed by atoms with van der Waals surface area (Å²) in [6, 6.07) is 10.1. The number of nitrogens with zero attached hydrogens (tertiary/aromatic N) is 3. The number of aromatic amines is 1. The van der Waals surface area contributed by atoms with Crippen molar-refractivity contribution in [1.29, 1.82) is 0 Å². The van der Waals surface area contributed by atoms with Gasteiger partial charge in [0.05, 0.1) is 0 Å². The highest BCUT2D eigenvalue weighted by atomic mass is 16.2. The minimum atomic E-state index is -1.14. The van der Waals surface area contributed by atoms with Crippen LogP contribution in [-0.4, -0.2) is 123 Å². The molecule has 0 unspecified atom stereocenters. The maximum absolute atomic E-state index is 14.7. The van der Waals surface area contributed by atoms with Crippen molar-refractivity contribution in [2.75, 3.05) is 19.6 Å². The minimum Gasteiger partial charge on any atom is -0.361 e. The Hall–Kier alpha value is -5.73. The zero-order chi connectivity index (χ0) is 44.1. The molecule has 3 aromatic rings. The predicted octanol–water partition coefficient (Wildman–Crippen LogP) is 2.97.